The second-order valence-corrected chi connectivity index (χ2v) is 3.04. The van der Waals surface area contributed by atoms with Crippen LogP contribution in [-0.2, 0) is 6.42 Å². The smallest absolute Gasteiger partial charge is 0.271 e. The van der Waals surface area contributed by atoms with E-state index in [4.69, 9.17) is 5.26 Å². The van der Waals surface area contributed by atoms with Gasteiger partial charge >= 0.3 is 0 Å². The molecule has 0 aliphatic rings. The molecule has 0 amide bonds. The van der Waals surface area contributed by atoms with Crippen LogP contribution in [0, 0.1) is 21.4 Å². The number of rotatable bonds is 2. The molecule has 0 saturated carbocycles. The van der Waals surface area contributed by atoms with E-state index in [-0.39, 0.29) is 12.1 Å². The van der Waals surface area contributed by atoms with Crippen molar-refractivity contribution in [1.29, 1.82) is 5.26 Å². The summed E-state index contributed by atoms with van der Waals surface area (Å²) < 4.78 is 0. The molecule has 0 saturated heterocycles. The lowest BCUT2D eigenvalue weighted by Gasteiger charge is -1.97. The molecule has 0 bridgehead atoms. The number of nitro benzene ring substituents is 1. The van der Waals surface area contributed by atoms with Crippen molar-refractivity contribution in [2.75, 3.05) is 0 Å². The summed E-state index contributed by atoms with van der Waals surface area (Å²) in [4.78, 5) is 10.3. The third-order valence-corrected chi connectivity index (χ3v) is 2.07. The molecule has 6 heteroatoms. The number of fused-ring (bicyclic) bond motifs is 1. The normalized spacial score (nSPS) is 10.1. The molecule has 0 spiro atoms. The van der Waals surface area contributed by atoms with Crippen LogP contribution in [0.25, 0.3) is 10.9 Å². The summed E-state index contributed by atoms with van der Waals surface area (Å²) in [5.74, 6) is 0. The summed E-state index contributed by atoms with van der Waals surface area (Å²) in [5.41, 5.74) is 0.968. The van der Waals surface area contributed by atoms with Crippen LogP contribution < -0.4 is 0 Å². The second kappa shape index (κ2) is 3.38. The van der Waals surface area contributed by atoms with Gasteiger partial charge in [-0.25, -0.2) is 0 Å². The first-order valence-electron chi connectivity index (χ1n) is 4.19. The average molecular weight is 202 g/mol. The number of non-ortho nitro benzene ring substituents is 1. The van der Waals surface area contributed by atoms with Crippen molar-refractivity contribution in [1.82, 2.24) is 10.2 Å². The number of hydrogen-bond acceptors (Lipinski definition) is 4. The summed E-state index contributed by atoms with van der Waals surface area (Å²) in [7, 11) is 0. The Labute approximate surface area is 84.3 Å². The quantitative estimate of drug-likeness (QED) is 0.590. The Balaban J connectivity index is 2.70. The molecule has 1 heterocycles. The first-order chi connectivity index (χ1) is 7.22. The van der Waals surface area contributed by atoms with Gasteiger partial charge in [-0.3, -0.25) is 15.2 Å². The van der Waals surface area contributed by atoms with Gasteiger partial charge in [0.1, 0.15) is 5.52 Å². The molecule has 6 nitrogen and oxygen atoms in total. The van der Waals surface area contributed by atoms with E-state index in [1.165, 1.54) is 12.3 Å². The number of nitro groups is 1. The van der Waals surface area contributed by atoms with Gasteiger partial charge in [0.15, 0.2) is 0 Å². The third-order valence-electron chi connectivity index (χ3n) is 2.07. The summed E-state index contributed by atoms with van der Waals surface area (Å²) >= 11 is 0. The summed E-state index contributed by atoms with van der Waals surface area (Å²) in [5, 5.41) is 26.2. The van der Waals surface area contributed by atoms with E-state index in [2.05, 4.69) is 10.2 Å². The molecule has 1 aromatic heterocycles. The molecular weight excluding hydrogens is 196 g/mol. The van der Waals surface area contributed by atoms with E-state index in [1.54, 1.807) is 6.07 Å². The Morgan fingerprint density at radius 3 is 3.07 bits per heavy atom. The fraction of sp³-hybridized carbons (Fsp3) is 0.111. The first-order valence-corrected chi connectivity index (χ1v) is 4.19. The number of nitrogens with zero attached hydrogens (tertiary/aromatic N) is 3. The number of hydrogen-bond donors (Lipinski definition) is 1. The Hall–Kier alpha value is -2.42. The summed E-state index contributed by atoms with van der Waals surface area (Å²) in [6, 6.07) is 5.06. The Kier molecular flexibility index (Phi) is 2.06. The van der Waals surface area contributed by atoms with Crippen molar-refractivity contribution in [3.05, 3.63) is 34.0 Å². The fourth-order valence-corrected chi connectivity index (χ4v) is 1.44. The SMILES string of the molecule is N#CCc1cc([N+](=O)[O-])c2[nH]ncc2c1. The van der Waals surface area contributed by atoms with Gasteiger partial charge < -0.3 is 0 Å². The average Bonchev–Trinajstić information content (AvgIpc) is 2.64. The van der Waals surface area contributed by atoms with E-state index in [0.29, 0.717) is 16.5 Å². The molecule has 1 N–H and O–H groups in total. The molecule has 2 rings (SSSR count). The molecule has 0 atom stereocenters. The Bertz CT molecular complexity index is 567. The van der Waals surface area contributed by atoms with E-state index in [0.717, 1.165) is 0 Å². The number of aromatic amines is 1. The van der Waals surface area contributed by atoms with E-state index < -0.39 is 4.92 Å². The van der Waals surface area contributed by atoms with Gasteiger partial charge in [0.2, 0.25) is 0 Å². The molecule has 2 aromatic rings. The largest absolute Gasteiger partial charge is 0.295 e. The highest BCUT2D eigenvalue weighted by molar-refractivity contribution is 5.87. The van der Waals surface area contributed by atoms with E-state index in [1.807, 2.05) is 6.07 Å². The molecule has 0 unspecified atom stereocenters. The highest BCUT2D eigenvalue weighted by Gasteiger charge is 2.14. The topological polar surface area (TPSA) is 95.6 Å². The molecule has 15 heavy (non-hydrogen) atoms. The monoisotopic (exact) mass is 202 g/mol. The van der Waals surface area contributed by atoms with Gasteiger partial charge in [-0.05, 0) is 11.6 Å². The Morgan fingerprint density at radius 2 is 2.40 bits per heavy atom. The van der Waals surface area contributed by atoms with Crippen molar-refractivity contribution in [3.8, 4) is 6.07 Å². The van der Waals surface area contributed by atoms with Crippen molar-refractivity contribution >= 4 is 16.6 Å². The van der Waals surface area contributed by atoms with Crippen LogP contribution in [0.3, 0.4) is 0 Å². The molecule has 0 aliphatic carbocycles. The van der Waals surface area contributed by atoms with Crippen LogP contribution in [0.4, 0.5) is 5.69 Å². The lowest BCUT2D eigenvalue weighted by molar-refractivity contribution is -0.383. The first kappa shape index (κ1) is 9.15. The van der Waals surface area contributed by atoms with Gasteiger partial charge in [-0.15, -0.1) is 0 Å². The van der Waals surface area contributed by atoms with Crippen LogP contribution in [0.1, 0.15) is 5.56 Å². The summed E-state index contributed by atoms with van der Waals surface area (Å²) in [6.45, 7) is 0. The number of H-pyrrole nitrogens is 1. The highest BCUT2D eigenvalue weighted by atomic mass is 16.6. The fourth-order valence-electron chi connectivity index (χ4n) is 1.44. The molecule has 0 aliphatic heterocycles. The predicted molar refractivity (Wildman–Crippen MR) is 52.1 cm³/mol. The molecule has 0 radical (unpaired) electrons. The molecule has 0 fully saturated rings. The lowest BCUT2D eigenvalue weighted by Crippen LogP contribution is -1.92. The molecule has 1 aromatic carbocycles. The number of nitriles is 1. The standard InChI is InChI=1S/C9H6N4O2/c10-2-1-6-3-7-5-11-12-9(7)8(4-6)13(14)15/h3-5H,1H2,(H,11,12). The zero-order valence-electron chi connectivity index (χ0n) is 7.60. The van der Waals surface area contributed by atoms with Crippen LogP contribution in [-0.4, -0.2) is 15.1 Å². The van der Waals surface area contributed by atoms with Crippen LogP contribution >= 0.6 is 0 Å². The van der Waals surface area contributed by atoms with Crippen molar-refractivity contribution < 1.29 is 4.92 Å². The minimum atomic E-state index is -0.485. The zero-order valence-corrected chi connectivity index (χ0v) is 7.60. The maximum atomic E-state index is 10.7. The van der Waals surface area contributed by atoms with Crippen LogP contribution in [0.2, 0.25) is 0 Å². The van der Waals surface area contributed by atoms with Crippen LogP contribution in [0.15, 0.2) is 18.3 Å². The van der Waals surface area contributed by atoms with Gasteiger partial charge in [-0.2, -0.15) is 10.4 Å². The highest BCUT2D eigenvalue weighted by Crippen LogP contribution is 2.25. The van der Waals surface area contributed by atoms with E-state index in [9.17, 15) is 10.1 Å². The van der Waals surface area contributed by atoms with E-state index >= 15 is 0 Å². The van der Waals surface area contributed by atoms with Gasteiger partial charge in [0.05, 0.1) is 23.6 Å². The predicted octanol–water partition coefficient (Wildman–Crippen LogP) is 1.54. The minimum Gasteiger partial charge on any atom is -0.271 e. The van der Waals surface area contributed by atoms with Crippen molar-refractivity contribution in [2.45, 2.75) is 6.42 Å². The summed E-state index contributed by atoms with van der Waals surface area (Å²) in [6.07, 6.45) is 1.66. The molecule has 74 valence electrons. The maximum Gasteiger partial charge on any atom is 0.295 e. The zero-order chi connectivity index (χ0) is 10.8. The van der Waals surface area contributed by atoms with Crippen LogP contribution in [0.5, 0.6) is 0 Å². The van der Waals surface area contributed by atoms with Crippen molar-refractivity contribution in [2.24, 2.45) is 0 Å². The van der Waals surface area contributed by atoms with Crippen molar-refractivity contribution in [3.63, 3.8) is 0 Å². The third kappa shape index (κ3) is 1.50. The lowest BCUT2D eigenvalue weighted by atomic mass is 10.1. The maximum absolute atomic E-state index is 10.7. The van der Waals surface area contributed by atoms with Gasteiger partial charge in [0, 0.05) is 11.5 Å². The number of nitrogens with one attached hydrogen (secondary N) is 1. The number of aromatic nitrogens is 2. The molecular formula is C9H6N4O2. The van der Waals surface area contributed by atoms with Gasteiger partial charge in [0.25, 0.3) is 5.69 Å². The van der Waals surface area contributed by atoms with Gasteiger partial charge in [-0.1, -0.05) is 0 Å². The Morgan fingerprint density at radius 1 is 1.60 bits per heavy atom. The minimum absolute atomic E-state index is 0.0461. The number of benzene rings is 1. The second-order valence-electron chi connectivity index (χ2n) is 3.04.